The fourth-order valence-electron chi connectivity index (χ4n) is 2.83. The summed E-state index contributed by atoms with van der Waals surface area (Å²) in [7, 11) is 2.26. The van der Waals surface area contributed by atoms with Crippen LogP contribution in [0, 0.1) is 0 Å². The third-order valence-corrected chi connectivity index (χ3v) is 3.92. The minimum Gasteiger partial charge on any atom is -0.106 e. The number of halogens is 1. The van der Waals surface area contributed by atoms with Gasteiger partial charge in [0, 0.05) is 10.9 Å². The normalized spacial score (nSPS) is 23.8. The summed E-state index contributed by atoms with van der Waals surface area (Å²) in [6.07, 6.45) is 4.75. The summed E-state index contributed by atoms with van der Waals surface area (Å²) in [6.45, 7) is 4.50. The minimum atomic E-state index is 0.552. The Hall–Kier alpha value is -0.685. The van der Waals surface area contributed by atoms with E-state index in [4.69, 9.17) is 11.6 Å². The van der Waals surface area contributed by atoms with Crippen LogP contribution in [0.4, 0.5) is 0 Å². The molecule has 0 saturated heterocycles. The summed E-state index contributed by atoms with van der Waals surface area (Å²) < 4.78 is 0. The van der Waals surface area contributed by atoms with Crippen molar-refractivity contribution in [2.75, 3.05) is 0 Å². The molecule has 0 fully saturated rings. The van der Waals surface area contributed by atoms with Crippen molar-refractivity contribution >= 4 is 19.4 Å². The van der Waals surface area contributed by atoms with Crippen molar-refractivity contribution in [1.82, 2.24) is 0 Å². The molecule has 0 nitrogen and oxygen atoms in total. The van der Waals surface area contributed by atoms with E-state index in [1.54, 1.807) is 0 Å². The molecule has 0 radical (unpaired) electrons. The number of rotatable bonds is 2. The van der Waals surface area contributed by atoms with Gasteiger partial charge in [-0.15, -0.1) is 5.47 Å². The Morgan fingerprint density at radius 1 is 1.19 bits per heavy atom. The molecule has 1 aromatic carbocycles. The highest BCUT2D eigenvalue weighted by atomic mass is 35.5. The zero-order valence-corrected chi connectivity index (χ0v) is 11.0. The number of fused-ring (bicyclic) bond motifs is 1. The van der Waals surface area contributed by atoms with E-state index in [9.17, 15) is 0 Å². The lowest BCUT2D eigenvalue weighted by atomic mass is 9.69. The lowest BCUT2D eigenvalue weighted by Crippen LogP contribution is -2.14. The second-order valence-electron chi connectivity index (χ2n) is 4.66. The molecule has 0 heterocycles. The van der Waals surface area contributed by atoms with Crippen molar-refractivity contribution < 1.29 is 0 Å². The first-order chi connectivity index (χ1) is 7.67. The molecule has 2 heteroatoms. The predicted molar refractivity (Wildman–Crippen MR) is 74.1 cm³/mol. The minimum absolute atomic E-state index is 0.552. The van der Waals surface area contributed by atoms with Crippen LogP contribution in [0.3, 0.4) is 0 Å². The van der Waals surface area contributed by atoms with E-state index in [-0.39, 0.29) is 0 Å². The third kappa shape index (κ3) is 1.93. The van der Waals surface area contributed by atoms with E-state index in [1.165, 1.54) is 23.0 Å². The average molecular weight is 233 g/mol. The zero-order valence-electron chi connectivity index (χ0n) is 10.3. The Labute approximate surface area is 104 Å². The third-order valence-electron chi connectivity index (χ3n) is 3.69. The van der Waals surface area contributed by atoms with E-state index < -0.39 is 0 Å². The lowest BCUT2D eigenvalue weighted by Gasteiger charge is -2.30. The zero-order chi connectivity index (χ0) is 11.7. The van der Waals surface area contributed by atoms with Gasteiger partial charge in [-0.1, -0.05) is 37.6 Å². The summed E-state index contributed by atoms with van der Waals surface area (Å²) in [4.78, 5) is 0. The quantitative estimate of drug-likeness (QED) is 0.680. The first-order valence-electron chi connectivity index (χ1n) is 6.15. The van der Waals surface area contributed by atoms with Crippen molar-refractivity contribution in [3.8, 4) is 0 Å². The highest BCUT2D eigenvalue weighted by Crippen LogP contribution is 2.41. The van der Waals surface area contributed by atoms with E-state index in [2.05, 4.69) is 39.9 Å². The van der Waals surface area contributed by atoms with Crippen molar-refractivity contribution in [3.05, 3.63) is 45.9 Å². The first kappa shape index (κ1) is 11.8. The monoisotopic (exact) mass is 232 g/mol. The van der Waals surface area contributed by atoms with Crippen molar-refractivity contribution in [2.24, 2.45) is 0 Å². The van der Waals surface area contributed by atoms with E-state index in [0.717, 1.165) is 11.4 Å². The molecule has 1 aromatic rings. The highest BCUT2D eigenvalue weighted by molar-refractivity contribution is 6.30. The predicted octanol–water partition coefficient (Wildman–Crippen LogP) is 3.86. The Bertz CT molecular complexity index is 423. The number of allylic oxidation sites excluding steroid dienone is 2. The Morgan fingerprint density at radius 3 is 2.56 bits per heavy atom. The number of hydrogen-bond donors (Lipinski definition) is 0. The molecule has 16 heavy (non-hydrogen) atoms. The molecule has 0 N–H and O–H groups in total. The van der Waals surface area contributed by atoms with E-state index in [0.29, 0.717) is 11.8 Å². The molecule has 0 amide bonds. The second-order valence-corrected chi connectivity index (χ2v) is 5.10. The van der Waals surface area contributed by atoms with Gasteiger partial charge in [-0.25, -0.2) is 0 Å². The molecule has 2 rings (SSSR count). The molecular formula is C14H18BCl. The molecular weight excluding hydrogens is 214 g/mol. The van der Waals surface area contributed by atoms with Crippen LogP contribution in [-0.2, 0) is 0 Å². The van der Waals surface area contributed by atoms with Gasteiger partial charge in [0.25, 0.3) is 0 Å². The molecule has 0 aromatic heterocycles. The lowest BCUT2D eigenvalue weighted by molar-refractivity contribution is 0.699. The molecule has 2 unspecified atom stereocenters. The molecule has 2 atom stereocenters. The fourth-order valence-corrected chi connectivity index (χ4v) is 3.01. The van der Waals surface area contributed by atoms with Crippen molar-refractivity contribution in [2.45, 2.75) is 38.5 Å². The maximum Gasteiger partial charge on any atom is 0.134 e. The average Bonchev–Trinajstić information content (AvgIpc) is 2.28. The summed E-state index contributed by atoms with van der Waals surface area (Å²) in [6, 6.07) is 6.38. The Kier molecular flexibility index (Phi) is 3.44. The first-order valence-corrected chi connectivity index (χ1v) is 6.52. The van der Waals surface area contributed by atoms with Crippen LogP contribution in [0.1, 0.15) is 49.7 Å². The summed E-state index contributed by atoms with van der Waals surface area (Å²) in [5, 5.41) is 0.861. The molecule has 0 bridgehead atoms. The summed E-state index contributed by atoms with van der Waals surface area (Å²) >= 11 is 6.11. The summed E-state index contributed by atoms with van der Waals surface area (Å²) in [5.74, 6) is 1.14. The molecule has 84 valence electrons. The van der Waals surface area contributed by atoms with Gasteiger partial charge >= 0.3 is 0 Å². The van der Waals surface area contributed by atoms with Gasteiger partial charge in [0.2, 0.25) is 0 Å². The summed E-state index contributed by atoms with van der Waals surface area (Å²) in [5.41, 5.74) is 4.44. The standard InChI is InChI=1S/C14H18BCl/c1-3-9-7-14(15)11(4-2)12-6-5-10(16)8-13(9)12/h5-9,11H,3-4,15H2,1-2H3. The molecule has 0 spiro atoms. The van der Waals surface area contributed by atoms with Gasteiger partial charge in [-0.05, 0) is 42.0 Å². The topological polar surface area (TPSA) is 0 Å². The van der Waals surface area contributed by atoms with Crippen molar-refractivity contribution in [3.63, 3.8) is 0 Å². The van der Waals surface area contributed by atoms with Crippen LogP contribution < -0.4 is 0 Å². The van der Waals surface area contributed by atoms with Crippen LogP contribution in [0.2, 0.25) is 5.02 Å². The van der Waals surface area contributed by atoms with Gasteiger partial charge in [-0.3, -0.25) is 0 Å². The number of hydrogen-bond acceptors (Lipinski definition) is 0. The van der Waals surface area contributed by atoms with Crippen LogP contribution in [-0.4, -0.2) is 7.85 Å². The molecule has 1 aliphatic rings. The van der Waals surface area contributed by atoms with E-state index in [1.807, 2.05) is 6.07 Å². The van der Waals surface area contributed by atoms with Crippen molar-refractivity contribution in [1.29, 1.82) is 0 Å². The SMILES string of the molecule is BC1=CC(CC)c2cc(Cl)ccc2C1CC. The van der Waals surface area contributed by atoms with Crippen LogP contribution in [0.15, 0.2) is 29.7 Å². The smallest absolute Gasteiger partial charge is 0.106 e. The van der Waals surface area contributed by atoms with Gasteiger partial charge in [0.1, 0.15) is 7.85 Å². The number of benzene rings is 1. The molecule has 0 aliphatic heterocycles. The fraction of sp³-hybridized carbons (Fsp3) is 0.429. The van der Waals surface area contributed by atoms with Gasteiger partial charge in [-0.2, -0.15) is 0 Å². The Balaban J connectivity index is 2.54. The maximum absolute atomic E-state index is 6.11. The van der Waals surface area contributed by atoms with E-state index >= 15 is 0 Å². The highest BCUT2D eigenvalue weighted by Gasteiger charge is 2.24. The Morgan fingerprint density at radius 2 is 1.94 bits per heavy atom. The van der Waals surface area contributed by atoms with Crippen LogP contribution in [0.5, 0.6) is 0 Å². The second kappa shape index (κ2) is 4.67. The van der Waals surface area contributed by atoms with Crippen LogP contribution >= 0.6 is 11.6 Å². The van der Waals surface area contributed by atoms with Gasteiger partial charge in [0.15, 0.2) is 0 Å². The molecule has 0 saturated carbocycles. The largest absolute Gasteiger partial charge is 0.134 e. The maximum atomic E-state index is 6.11. The van der Waals surface area contributed by atoms with Gasteiger partial charge < -0.3 is 0 Å². The van der Waals surface area contributed by atoms with Gasteiger partial charge in [0.05, 0.1) is 0 Å². The van der Waals surface area contributed by atoms with Crippen LogP contribution in [0.25, 0.3) is 0 Å². The molecule has 1 aliphatic carbocycles.